The molecule has 4 rings (SSSR count). The molecule has 1 aliphatic carbocycles. The van der Waals surface area contributed by atoms with Crippen molar-refractivity contribution in [3.8, 4) is 11.3 Å². The molecule has 2 fully saturated rings. The van der Waals surface area contributed by atoms with Crippen LogP contribution in [0.5, 0.6) is 0 Å². The van der Waals surface area contributed by atoms with Gasteiger partial charge >= 0.3 is 5.97 Å². The molecule has 1 saturated carbocycles. The van der Waals surface area contributed by atoms with Crippen LogP contribution in [0.4, 0.5) is 0 Å². The summed E-state index contributed by atoms with van der Waals surface area (Å²) in [6, 6.07) is 10.0. The number of carbonyl (C=O) groups excluding carboxylic acids is 2. The van der Waals surface area contributed by atoms with Gasteiger partial charge in [0, 0.05) is 37.1 Å². The van der Waals surface area contributed by atoms with E-state index in [0.29, 0.717) is 44.7 Å². The number of aromatic nitrogens is 1. The van der Waals surface area contributed by atoms with Gasteiger partial charge in [0.25, 0.3) is 0 Å². The van der Waals surface area contributed by atoms with Crippen LogP contribution in [0, 0.1) is 18.3 Å². The molecule has 1 aliphatic heterocycles. The van der Waals surface area contributed by atoms with Crippen LogP contribution >= 0.6 is 0 Å². The second kappa shape index (κ2) is 8.01. The summed E-state index contributed by atoms with van der Waals surface area (Å²) < 4.78 is 11.0. The molecule has 154 valence electrons. The second-order valence-corrected chi connectivity index (χ2v) is 8.33. The fraction of sp³-hybridized carbons (Fsp3) is 0.522. The Balaban J connectivity index is 1.51. The molecular weight excluding hydrogens is 368 g/mol. The summed E-state index contributed by atoms with van der Waals surface area (Å²) in [6.45, 7) is 5.38. The minimum atomic E-state index is -0.667. The minimum Gasteiger partial charge on any atom is -0.466 e. The fourth-order valence-electron chi connectivity index (χ4n) is 4.15. The predicted molar refractivity (Wildman–Crippen MR) is 108 cm³/mol. The van der Waals surface area contributed by atoms with E-state index in [1.54, 1.807) is 0 Å². The molecule has 1 amide bonds. The average Bonchev–Trinajstić information content (AvgIpc) is 3.47. The minimum absolute atomic E-state index is 0.202. The zero-order valence-corrected chi connectivity index (χ0v) is 17.1. The molecular formula is C23H28N2O4. The third-order valence-electron chi connectivity index (χ3n) is 6.05. The summed E-state index contributed by atoms with van der Waals surface area (Å²) in [5, 5.41) is 4.21. The zero-order chi connectivity index (χ0) is 20.4. The van der Waals surface area contributed by atoms with Crippen LogP contribution in [-0.2, 0) is 20.7 Å². The van der Waals surface area contributed by atoms with Gasteiger partial charge in [-0.1, -0.05) is 28.9 Å². The monoisotopic (exact) mass is 396 g/mol. The molecule has 0 bridgehead atoms. The number of rotatable bonds is 6. The number of nitrogens with zero attached hydrogens (tertiary/aromatic N) is 2. The summed E-state index contributed by atoms with van der Waals surface area (Å²) in [5.74, 6) is 0.920. The van der Waals surface area contributed by atoms with E-state index in [-0.39, 0.29) is 17.8 Å². The molecule has 0 radical (unpaired) electrons. The molecule has 1 aromatic heterocycles. The van der Waals surface area contributed by atoms with Crippen LogP contribution in [0.25, 0.3) is 11.3 Å². The Bertz CT molecular complexity index is 892. The summed E-state index contributed by atoms with van der Waals surface area (Å²) in [4.78, 5) is 27.2. The summed E-state index contributed by atoms with van der Waals surface area (Å²) in [5.41, 5.74) is 2.25. The lowest BCUT2D eigenvalue weighted by Gasteiger charge is -2.39. The van der Waals surface area contributed by atoms with Crippen molar-refractivity contribution in [2.24, 2.45) is 11.3 Å². The van der Waals surface area contributed by atoms with E-state index in [1.165, 1.54) is 0 Å². The number of amides is 1. The molecule has 0 atom stereocenters. The van der Waals surface area contributed by atoms with Gasteiger partial charge < -0.3 is 14.2 Å². The first-order valence-electron chi connectivity index (χ1n) is 10.5. The van der Waals surface area contributed by atoms with Crippen molar-refractivity contribution in [2.75, 3.05) is 19.7 Å². The number of ether oxygens (including phenoxy) is 1. The van der Waals surface area contributed by atoms with Gasteiger partial charge in [0.05, 0.1) is 12.0 Å². The number of likely N-dealkylation sites (tertiary alicyclic amines) is 1. The van der Waals surface area contributed by atoms with Crippen molar-refractivity contribution in [3.05, 3.63) is 41.7 Å². The van der Waals surface area contributed by atoms with Gasteiger partial charge in [-0.2, -0.15) is 0 Å². The number of piperidine rings is 1. The molecule has 1 saturated heterocycles. The molecule has 6 nitrogen and oxygen atoms in total. The number of esters is 1. The lowest BCUT2D eigenvalue weighted by Crippen LogP contribution is -2.48. The molecule has 0 N–H and O–H groups in total. The van der Waals surface area contributed by atoms with Crippen LogP contribution < -0.4 is 0 Å². The second-order valence-electron chi connectivity index (χ2n) is 8.33. The van der Waals surface area contributed by atoms with Crippen LogP contribution in [0.2, 0.25) is 0 Å². The molecule has 0 unspecified atom stereocenters. The largest absolute Gasteiger partial charge is 0.466 e. The maximum absolute atomic E-state index is 12.9. The van der Waals surface area contributed by atoms with Crippen LogP contribution in [0.1, 0.15) is 43.9 Å². The normalized spacial score (nSPS) is 18.5. The number of hydrogen-bond donors (Lipinski definition) is 0. The molecule has 6 heteroatoms. The van der Waals surface area contributed by atoms with Crippen molar-refractivity contribution in [2.45, 2.75) is 46.0 Å². The van der Waals surface area contributed by atoms with Crippen molar-refractivity contribution >= 4 is 11.9 Å². The van der Waals surface area contributed by atoms with E-state index in [9.17, 15) is 9.59 Å². The highest BCUT2D eigenvalue weighted by Gasteiger charge is 2.46. The van der Waals surface area contributed by atoms with E-state index in [1.807, 2.05) is 43.0 Å². The van der Waals surface area contributed by atoms with Gasteiger partial charge in [0.15, 0.2) is 0 Å². The molecule has 2 aromatic rings. The van der Waals surface area contributed by atoms with Gasteiger partial charge in [0.1, 0.15) is 11.5 Å². The Kier molecular flexibility index (Phi) is 5.43. The van der Waals surface area contributed by atoms with Crippen molar-refractivity contribution in [1.29, 1.82) is 0 Å². The number of carbonyl (C=O) groups is 2. The van der Waals surface area contributed by atoms with Gasteiger partial charge in [-0.3, -0.25) is 9.59 Å². The van der Waals surface area contributed by atoms with Crippen molar-refractivity contribution in [3.63, 3.8) is 0 Å². The zero-order valence-electron chi connectivity index (χ0n) is 17.1. The highest BCUT2D eigenvalue weighted by Crippen LogP contribution is 2.39. The van der Waals surface area contributed by atoms with Crippen LogP contribution in [0.3, 0.4) is 0 Å². The Morgan fingerprint density at radius 3 is 2.66 bits per heavy atom. The molecule has 29 heavy (non-hydrogen) atoms. The summed E-state index contributed by atoms with van der Waals surface area (Å²) in [6.07, 6.45) is 3.61. The first-order chi connectivity index (χ1) is 14.0. The molecule has 2 aliphatic rings. The van der Waals surface area contributed by atoms with E-state index in [0.717, 1.165) is 29.7 Å². The fourth-order valence-corrected chi connectivity index (χ4v) is 4.15. The van der Waals surface area contributed by atoms with Gasteiger partial charge in [-0.05, 0) is 45.6 Å². The number of aryl methyl sites for hydroxylation is 1. The summed E-state index contributed by atoms with van der Waals surface area (Å²) in [7, 11) is 0. The van der Waals surface area contributed by atoms with E-state index in [2.05, 4.69) is 11.2 Å². The Hall–Kier alpha value is -2.63. The Morgan fingerprint density at radius 2 is 2.00 bits per heavy atom. The highest BCUT2D eigenvalue weighted by atomic mass is 16.5. The van der Waals surface area contributed by atoms with Gasteiger partial charge in [0.2, 0.25) is 5.91 Å². The quantitative estimate of drug-likeness (QED) is 0.695. The summed E-state index contributed by atoms with van der Waals surface area (Å²) >= 11 is 0. The smallest absolute Gasteiger partial charge is 0.312 e. The highest BCUT2D eigenvalue weighted by molar-refractivity contribution is 5.82. The molecule has 0 spiro atoms. The van der Waals surface area contributed by atoms with Crippen molar-refractivity contribution in [1.82, 2.24) is 10.1 Å². The number of hydrogen-bond acceptors (Lipinski definition) is 5. The first kappa shape index (κ1) is 19.7. The lowest BCUT2D eigenvalue weighted by molar-refractivity contribution is -0.160. The SMILES string of the molecule is CCOC(=O)C1(Cc2cc(-c3cccc(C)c3)no2)CCN(C(=O)C2CC2)CC1. The third kappa shape index (κ3) is 4.21. The average molecular weight is 396 g/mol. The first-order valence-corrected chi connectivity index (χ1v) is 10.5. The number of benzene rings is 1. The van der Waals surface area contributed by atoms with Gasteiger partial charge in [-0.15, -0.1) is 0 Å². The van der Waals surface area contributed by atoms with E-state index < -0.39 is 5.41 Å². The maximum Gasteiger partial charge on any atom is 0.312 e. The lowest BCUT2D eigenvalue weighted by atomic mass is 9.74. The predicted octanol–water partition coefficient (Wildman–Crippen LogP) is 3.77. The maximum atomic E-state index is 12.9. The van der Waals surface area contributed by atoms with E-state index >= 15 is 0 Å². The molecule has 1 aromatic carbocycles. The Morgan fingerprint density at radius 1 is 1.24 bits per heavy atom. The Labute approximate surface area is 171 Å². The topological polar surface area (TPSA) is 72.6 Å². The molecule has 2 heterocycles. The van der Waals surface area contributed by atoms with E-state index in [4.69, 9.17) is 9.26 Å². The van der Waals surface area contributed by atoms with Crippen molar-refractivity contribution < 1.29 is 18.8 Å². The van der Waals surface area contributed by atoms with Crippen LogP contribution in [-0.4, -0.2) is 41.6 Å². The third-order valence-corrected chi connectivity index (χ3v) is 6.05. The van der Waals surface area contributed by atoms with Gasteiger partial charge in [-0.25, -0.2) is 0 Å². The standard InChI is InChI=1S/C23H28N2O4/c1-3-28-22(27)23(9-11-25(12-10-23)21(26)17-7-8-17)15-19-14-20(24-29-19)18-6-4-5-16(2)13-18/h4-6,13-14,17H,3,7-12,15H2,1-2H3. The van der Waals surface area contributed by atoms with Crippen LogP contribution in [0.15, 0.2) is 34.9 Å².